The molecule has 1 rings (SSSR count). The maximum atomic E-state index is 11.5. The van der Waals surface area contributed by atoms with Gasteiger partial charge in [0.1, 0.15) is 5.75 Å². The van der Waals surface area contributed by atoms with Crippen molar-refractivity contribution in [3.8, 4) is 5.75 Å². The Hall–Kier alpha value is -1.60. The first kappa shape index (κ1) is 14.5. The van der Waals surface area contributed by atoms with Crippen molar-refractivity contribution in [2.75, 3.05) is 25.5 Å². The Morgan fingerprint density at radius 2 is 2.11 bits per heavy atom. The van der Waals surface area contributed by atoms with Crippen molar-refractivity contribution in [2.45, 2.75) is 0 Å². The number of methoxy groups -OCH3 is 1. The summed E-state index contributed by atoms with van der Waals surface area (Å²) in [5.41, 5.74) is 5.69. The second-order valence-electron chi connectivity index (χ2n) is 3.38. The molecule has 0 spiro atoms. The molecular formula is C11H14BrN3O3. The summed E-state index contributed by atoms with van der Waals surface area (Å²) < 4.78 is 5.89. The summed E-state index contributed by atoms with van der Waals surface area (Å²) in [5, 5.41) is 5.00. The van der Waals surface area contributed by atoms with Crippen molar-refractivity contribution in [2.24, 2.45) is 5.73 Å². The first-order valence-corrected chi connectivity index (χ1v) is 5.96. The van der Waals surface area contributed by atoms with E-state index in [1.165, 1.54) is 7.11 Å². The monoisotopic (exact) mass is 315 g/mol. The van der Waals surface area contributed by atoms with Crippen LogP contribution in [0.25, 0.3) is 0 Å². The highest BCUT2D eigenvalue weighted by molar-refractivity contribution is 9.10. The van der Waals surface area contributed by atoms with Crippen molar-refractivity contribution < 1.29 is 14.3 Å². The van der Waals surface area contributed by atoms with Crippen molar-refractivity contribution in [3.05, 3.63) is 22.7 Å². The van der Waals surface area contributed by atoms with Crippen LogP contribution in [-0.4, -0.2) is 32.0 Å². The summed E-state index contributed by atoms with van der Waals surface area (Å²) in [6.07, 6.45) is 0. The van der Waals surface area contributed by atoms with Gasteiger partial charge in [0.15, 0.2) is 0 Å². The highest BCUT2D eigenvalue weighted by Crippen LogP contribution is 2.27. The lowest BCUT2D eigenvalue weighted by Crippen LogP contribution is -2.36. The van der Waals surface area contributed by atoms with Crippen LogP contribution in [0.1, 0.15) is 0 Å². The highest BCUT2D eigenvalue weighted by atomic mass is 79.9. The van der Waals surface area contributed by atoms with E-state index < -0.39 is 0 Å². The molecule has 7 heteroatoms. The van der Waals surface area contributed by atoms with Gasteiger partial charge in [0.25, 0.3) is 0 Å². The fourth-order valence-corrected chi connectivity index (χ4v) is 1.60. The molecule has 0 atom stereocenters. The summed E-state index contributed by atoms with van der Waals surface area (Å²) >= 11 is 3.31. The van der Waals surface area contributed by atoms with Gasteiger partial charge >= 0.3 is 0 Å². The Morgan fingerprint density at radius 1 is 1.39 bits per heavy atom. The molecule has 0 heterocycles. The maximum absolute atomic E-state index is 11.5. The van der Waals surface area contributed by atoms with Crippen LogP contribution in [0.5, 0.6) is 5.75 Å². The van der Waals surface area contributed by atoms with E-state index in [0.717, 1.165) is 4.47 Å². The number of halogens is 1. The second-order valence-corrected chi connectivity index (χ2v) is 4.23. The minimum absolute atomic E-state index is 0.117. The average molecular weight is 316 g/mol. The number of carbonyl (C=O) groups is 2. The van der Waals surface area contributed by atoms with Gasteiger partial charge in [-0.15, -0.1) is 0 Å². The number of anilines is 1. The highest BCUT2D eigenvalue weighted by Gasteiger charge is 2.06. The Kier molecular flexibility index (Phi) is 5.60. The zero-order valence-corrected chi connectivity index (χ0v) is 11.4. The minimum Gasteiger partial charge on any atom is -0.495 e. The lowest BCUT2D eigenvalue weighted by atomic mass is 10.3. The van der Waals surface area contributed by atoms with Crippen LogP contribution < -0.4 is 21.1 Å². The van der Waals surface area contributed by atoms with E-state index in [1.54, 1.807) is 18.2 Å². The van der Waals surface area contributed by atoms with Gasteiger partial charge in [-0.25, -0.2) is 0 Å². The number of carbonyl (C=O) groups excluding carboxylic acids is 2. The van der Waals surface area contributed by atoms with Gasteiger partial charge in [-0.05, 0) is 28.1 Å². The Balaban J connectivity index is 2.56. The topological polar surface area (TPSA) is 93.5 Å². The summed E-state index contributed by atoms with van der Waals surface area (Å²) in [5.74, 6) is -0.0986. The molecule has 0 saturated carbocycles. The first-order valence-electron chi connectivity index (χ1n) is 5.17. The van der Waals surface area contributed by atoms with E-state index in [4.69, 9.17) is 10.5 Å². The lowest BCUT2D eigenvalue weighted by molar-refractivity contribution is -0.123. The van der Waals surface area contributed by atoms with E-state index in [-0.39, 0.29) is 24.9 Å². The molecule has 98 valence electrons. The van der Waals surface area contributed by atoms with Gasteiger partial charge in [0.05, 0.1) is 24.7 Å². The van der Waals surface area contributed by atoms with Crippen molar-refractivity contribution in [3.63, 3.8) is 0 Å². The number of rotatable bonds is 5. The van der Waals surface area contributed by atoms with Crippen LogP contribution in [-0.2, 0) is 9.59 Å². The van der Waals surface area contributed by atoms with Crippen LogP contribution in [0.4, 0.5) is 5.69 Å². The minimum atomic E-state index is -0.376. The van der Waals surface area contributed by atoms with Crippen LogP contribution in [0, 0.1) is 0 Å². The molecule has 6 nitrogen and oxygen atoms in total. The Morgan fingerprint density at radius 3 is 2.72 bits per heavy atom. The smallest absolute Gasteiger partial charge is 0.243 e. The number of nitrogens with one attached hydrogen (secondary N) is 2. The van der Waals surface area contributed by atoms with Crippen LogP contribution in [0.2, 0.25) is 0 Å². The fraction of sp³-hybridized carbons (Fsp3) is 0.273. The zero-order chi connectivity index (χ0) is 13.5. The average Bonchev–Trinajstić information content (AvgIpc) is 2.38. The first-order chi connectivity index (χ1) is 8.56. The molecule has 0 aromatic heterocycles. The summed E-state index contributed by atoms with van der Waals surface area (Å²) in [7, 11) is 1.53. The number of nitrogens with two attached hydrogens (primary N) is 1. The summed E-state index contributed by atoms with van der Waals surface area (Å²) in [4.78, 5) is 22.4. The molecule has 0 bridgehead atoms. The molecule has 1 aromatic rings. The number of amides is 2. The van der Waals surface area contributed by atoms with E-state index in [0.29, 0.717) is 11.4 Å². The lowest BCUT2D eigenvalue weighted by Gasteiger charge is -2.09. The SMILES string of the molecule is COc1cc(NC(=O)CNC(=O)CN)ccc1Br. The molecule has 18 heavy (non-hydrogen) atoms. The molecule has 2 amide bonds. The van der Waals surface area contributed by atoms with Gasteiger partial charge in [-0.2, -0.15) is 0 Å². The van der Waals surface area contributed by atoms with E-state index >= 15 is 0 Å². The molecule has 0 aliphatic heterocycles. The third-order valence-electron chi connectivity index (χ3n) is 2.07. The van der Waals surface area contributed by atoms with Gasteiger partial charge in [0.2, 0.25) is 11.8 Å². The third-order valence-corrected chi connectivity index (χ3v) is 2.72. The van der Waals surface area contributed by atoms with Crippen LogP contribution >= 0.6 is 15.9 Å². The van der Waals surface area contributed by atoms with Crippen molar-refractivity contribution in [1.29, 1.82) is 0 Å². The fourth-order valence-electron chi connectivity index (χ4n) is 1.19. The van der Waals surface area contributed by atoms with Gasteiger partial charge in [0, 0.05) is 11.8 Å². The second kappa shape index (κ2) is 6.97. The predicted molar refractivity (Wildman–Crippen MR) is 71.4 cm³/mol. The molecule has 4 N–H and O–H groups in total. The van der Waals surface area contributed by atoms with Crippen LogP contribution in [0.3, 0.4) is 0 Å². The standard InChI is InChI=1S/C11H14BrN3O3/c1-18-9-4-7(2-3-8(9)12)15-11(17)6-14-10(16)5-13/h2-4H,5-6,13H2,1H3,(H,14,16)(H,15,17). The molecule has 0 aliphatic carbocycles. The Labute approximate surface area is 113 Å². The quantitative estimate of drug-likeness (QED) is 0.736. The largest absolute Gasteiger partial charge is 0.495 e. The van der Waals surface area contributed by atoms with Crippen molar-refractivity contribution in [1.82, 2.24) is 5.32 Å². The molecule has 0 unspecified atom stereocenters. The molecule has 1 aromatic carbocycles. The number of ether oxygens (including phenoxy) is 1. The predicted octanol–water partition coefficient (Wildman–Crippen LogP) is 0.471. The van der Waals surface area contributed by atoms with E-state index in [1.807, 2.05) is 0 Å². The normalized spacial score (nSPS) is 9.72. The van der Waals surface area contributed by atoms with Gasteiger partial charge < -0.3 is 21.1 Å². The van der Waals surface area contributed by atoms with Gasteiger partial charge in [-0.1, -0.05) is 0 Å². The maximum Gasteiger partial charge on any atom is 0.243 e. The third kappa shape index (κ3) is 4.34. The summed E-state index contributed by atoms with van der Waals surface area (Å²) in [6.45, 7) is -0.256. The number of benzene rings is 1. The van der Waals surface area contributed by atoms with E-state index in [9.17, 15) is 9.59 Å². The summed E-state index contributed by atoms with van der Waals surface area (Å²) in [6, 6.07) is 5.15. The zero-order valence-electron chi connectivity index (χ0n) is 9.83. The molecular weight excluding hydrogens is 302 g/mol. The van der Waals surface area contributed by atoms with Crippen LogP contribution in [0.15, 0.2) is 22.7 Å². The van der Waals surface area contributed by atoms with Gasteiger partial charge in [-0.3, -0.25) is 9.59 Å². The Bertz CT molecular complexity index is 451. The van der Waals surface area contributed by atoms with E-state index in [2.05, 4.69) is 26.6 Å². The molecule has 0 fully saturated rings. The molecule has 0 radical (unpaired) electrons. The van der Waals surface area contributed by atoms with Crippen molar-refractivity contribution >= 4 is 33.4 Å². The number of hydrogen-bond donors (Lipinski definition) is 3. The molecule has 0 saturated heterocycles. The molecule has 0 aliphatic rings. The number of hydrogen-bond acceptors (Lipinski definition) is 4.